The first-order valence-electron chi connectivity index (χ1n) is 32.9. The normalized spacial score (nSPS) is 11.3. The molecule has 0 atom stereocenters. The lowest BCUT2D eigenvalue weighted by molar-refractivity contribution is 1.18. The minimum absolute atomic E-state index is 1.06. The highest BCUT2D eigenvalue weighted by molar-refractivity contribution is 6.14. The number of para-hydroxylation sites is 2. The van der Waals surface area contributed by atoms with Gasteiger partial charge in [0.15, 0.2) is 0 Å². The molecule has 16 aromatic carbocycles. The van der Waals surface area contributed by atoms with Crippen molar-refractivity contribution in [2.24, 2.45) is 0 Å². The molecular weight excluding hydrogens is 1160 g/mol. The third-order valence-electron chi connectivity index (χ3n) is 18.7. The lowest BCUT2D eigenvalue weighted by atomic mass is 9.92. The maximum atomic E-state index is 3.53. The second-order valence-corrected chi connectivity index (χ2v) is 24.6. The van der Waals surface area contributed by atoms with Gasteiger partial charge in [-0.1, -0.05) is 243 Å². The minimum atomic E-state index is 1.06. The van der Waals surface area contributed by atoms with Crippen molar-refractivity contribution in [3.8, 4) is 78.1 Å². The summed E-state index contributed by atoms with van der Waals surface area (Å²) in [4.78, 5) is 0. The highest BCUT2D eigenvalue weighted by Gasteiger charge is 2.19. The zero-order chi connectivity index (χ0) is 63.7. The molecule has 4 heteroatoms. The summed E-state index contributed by atoms with van der Waals surface area (Å²) in [7, 11) is 0. The molecule has 0 aliphatic rings. The van der Waals surface area contributed by atoms with Gasteiger partial charge in [-0.2, -0.15) is 0 Å². The molecule has 0 amide bonds. The Kier molecular flexibility index (Phi) is 14.9. The Morgan fingerprint density at radius 3 is 0.792 bits per heavy atom. The van der Waals surface area contributed by atoms with Crippen molar-refractivity contribution in [2.75, 3.05) is 10.6 Å². The quantitative estimate of drug-likeness (QED) is 0.128. The monoisotopic (exact) mass is 1220 g/mol. The van der Waals surface area contributed by atoms with Crippen molar-refractivity contribution in [3.63, 3.8) is 0 Å². The Bertz CT molecular complexity index is 5580. The molecule has 0 bridgehead atoms. The zero-order valence-corrected chi connectivity index (χ0v) is 52.7. The van der Waals surface area contributed by atoms with Crippen LogP contribution in [-0.2, 0) is 0 Å². The minimum Gasteiger partial charge on any atom is -0.356 e. The highest BCUT2D eigenvalue weighted by Crippen LogP contribution is 2.43. The van der Waals surface area contributed by atoms with E-state index in [-0.39, 0.29) is 0 Å². The molecule has 4 nitrogen and oxygen atoms in total. The number of hydrogen-bond donors (Lipinski definition) is 2. The average Bonchev–Trinajstić information content (AvgIpc) is 1.59. The third-order valence-corrected chi connectivity index (χ3v) is 18.7. The molecule has 452 valence electrons. The van der Waals surface area contributed by atoms with E-state index in [0.717, 1.165) is 34.1 Å². The molecule has 0 fully saturated rings. The maximum absolute atomic E-state index is 3.53. The van der Waals surface area contributed by atoms with E-state index in [2.05, 4.69) is 359 Å². The predicted molar refractivity (Wildman–Crippen MR) is 409 cm³/mol. The third kappa shape index (κ3) is 11.1. The second kappa shape index (κ2) is 25.0. The summed E-state index contributed by atoms with van der Waals surface area (Å²) in [5.74, 6) is 0. The number of benzene rings is 16. The Hall–Kier alpha value is -12.8. The summed E-state index contributed by atoms with van der Waals surface area (Å²) < 4.78 is 4.79. The summed E-state index contributed by atoms with van der Waals surface area (Å²) in [6, 6.07) is 135. The van der Waals surface area contributed by atoms with Crippen LogP contribution in [0.1, 0.15) is 0 Å². The van der Waals surface area contributed by atoms with Crippen LogP contribution in [0.2, 0.25) is 0 Å². The molecule has 0 aliphatic heterocycles. The fraction of sp³-hybridized carbons (Fsp3) is 0. The van der Waals surface area contributed by atoms with E-state index in [0.29, 0.717) is 0 Å². The molecule has 0 radical (unpaired) electrons. The molecule has 18 rings (SSSR count). The van der Waals surface area contributed by atoms with Crippen LogP contribution in [0.5, 0.6) is 0 Å². The Morgan fingerprint density at radius 2 is 0.427 bits per heavy atom. The van der Waals surface area contributed by atoms with Crippen LogP contribution in [-0.4, -0.2) is 9.13 Å². The standard InChI is InChI=1S/C48H34N2.C44H30N2/c1-4-14-34(15-5-1)41-20-10-12-22-43(41)36-24-30-47-45(32-36)46-33-37(44-23-13-11-21-42(44)35-16-6-2-7-17-35)25-31-48(46)50(47)40-28-26-39(27-29-40)49-38-18-8-3-9-19-38;1-2-12-38(13-3-1)45-39-20-22-40(23-21-39)46-43-24-18-36(34-16-14-30-8-4-6-10-32(30)26-34)28-41(43)42-29-37(19-25-44(42)46)35-17-15-31-9-5-7-11-33(31)27-35/h1-33,49H;1-29,45H. The van der Waals surface area contributed by atoms with Crippen LogP contribution in [0.15, 0.2) is 376 Å². The lowest BCUT2D eigenvalue weighted by Gasteiger charge is -2.12. The predicted octanol–water partition coefficient (Wildman–Crippen LogP) is 25.4. The summed E-state index contributed by atoms with van der Waals surface area (Å²) in [5, 5.41) is 17.0. The molecule has 2 heterocycles. The van der Waals surface area contributed by atoms with Gasteiger partial charge in [0.05, 0.1) is 22.1 Å². The summed E-state index contributed by atoms with van der Waals surface area (Å²) >= 11 is 0. The van der Waals surface area contributed by atoms with Gasteiger partial charge < -0.3 is 19.8 Å². The Morgan fingerprint density at radius 1 is 0.167 bits per heavy atom. The first-order valence-corrected chi connectivity index (χ1v) is 32.9. The van der Waals surface area contributed by atoms with Gasteiger partial charge in [-0.3, -0.25) is 0 Å². The molecule has 0 spiro atoms. The van der Waals surface area contributed by atoms with Crippen LogP contribution in [0, 0.1) is 0 Å². The van der Waals surface area contributed by atoms with Crippen molar-refractivity contribution in [1.82, 2.24) is 9.13 Å². The van der Waals surface area contributed by atoms with Gasteiger partial charge in [0.1, 0.15) is 0 Å². The molecular formula is C92H64N4. The van der Waals surface area contributed by atoms with E-state index >= 15 is 0 Å². The number of fused-ring (bicyclic) bond motifs is 8. The number of hydrogen-bond acceptors (Lipinski definition) is 2. The Balaban J connectivity index is 0.000000146. The average molecular weight is 1230 g/mol. The van der Waals surface area contributed by atoms with Crippen LogP contribution < -0.4 is 10.6 Å². The van der Waals surface area contributed by atoms with E-state index in [1.165, 1.54) is 132 Å². The molecule has 0 saturated heterocycles. The zero-order valence-electron chi connectivity index (χ0n) is 52.7. The van der Waals surface area contributed by atoms with Crippen molar-refractivity contribution >= 4 is 87.9 Å². The van der Waals surface area contributed by atoms with Gasteiger partial charge in [-0.15, -0.1) is 0 Å². The largest absolute Gasteiger partial charge is 0.356 e. The smallest absolute Gasteiger partial charge is 0.0541 e. The molecule has 2 N–H and O–H groups in total. The molecule has 0 saturated carbocycles. The second-order valence-electron chi connectivity index (χ2n) is 24.6. The molecule has 18 aromatic rings. The van der Waals surface area contributed by atoms with Crippen LogP contribution in [0.3, 0.4) is 0 Å². The SMILES string of the molecule is c1ccc(Nc2ccc(-n3c4ccc(-c5ccc6ccccc6c5)cc4c4cc(-c5ccc6ccccc6c5)ccc43)cc2)cc1.c1ccc(Nc2ccc(-n3c4ccc(-c5ccccc5-c5ccccc5)cc4c4cc(-c5ccccc5-c5ccccc5)ccc43)cc2)cc1. The number of rotatable bonds is 12. The molecule has 96 heavy (non-hydrogen) atoms. The van der Waals surface area contributed by atoms with Gasteiger partial charge in [-0.05, 0) is 222 Å². The van der Waals surface area contributed by atoms with Crippen LogP contribution >= 0.6 is 0 Å². The summed E-state index contributed by atoms with van der Waals surface area (Å²) in [6.07, 6.45) is 0. The number of nitrogens with zero attached hydrogens (tertiary/aromatic N) is 2. The topological polar surface area (TPSA) is 33.9 Å². The van der Waals surface area contributed by atoms with Crippen LogP contribution in [0.25, 0.3) is 143 Å². The summed E-state index contributed by atoms with van der Waals surface area (Å²) in [6.45, 7) is 0. The van der Waals surface area contributed by atoms with Crippen LogP contribution in [0.4, 0.5) is 22.7 Å². The Labute approximate surface area is 558 Å². The first kappa shape index (κ1) is 57.2. The fourth-order valence-corrected chi connectivity index (χ4v) is 14.0. The van der Waals surface area contributed by atoms with E-state index < -0.39 is 0 Å². The number of aromatic nitrogens is 2. The van der Waals surface area contributed by atoms with Crippen molar-refractivity contribution < 1.29 is 0 Å². The van der Waals surface area contributed by atoms with Gasteiger partial charge in [0.2, 0.25) is 0 Å². The van der Waals surface area contributed by atoms with E-state index in [9.17, 15) is 0 Å². The van der Waals surface area contributed by atoms with E-state index in [4.69, 9.17) is 0 Å². The highest BCUT2D eigenvalue weighted by atomic mass is 15.0. The maximum Gasteiger partial charge on any atom is 0.0541 e. The lowest BCUT2D eigenvalue weighted by Crippen LogP contribution is -1.95. The molecule has 0 aliphatic carbocycles. The van der Waals surface area contributed by atoms with Crippen molar-refractivity contribution in [1.29, 1.82) is 0 Å². The number of nitrogens with one attached hydrogen (secondary N) is 2. The van der Waals surface area contributed by atoms with Gasteiger partial charge >= 0.3 is 0 Å². The fourth-order valence-electron chi connectivity index (χ4n) is 14.0. The van der Waals surface area contributed by atoms with Crippen molar-refractivity contribution in [3.05, 3.63) is 376 Å². The molecule has 0 unspecified atom stereocenters. The van der Waals surface area contributed by atoms with E-state index in [1.54, 1.807) is 0 Å². The summed E-state index contributed by atoms with van der Waals surface area (Å²) in [5.41, 5.74) is 25.9. The number of anilines is 4. The van der Waals surface area contributed by atoms with Gasteiger partial charge in [0, 0.05) is 55.7 Å². The van der Waals surface area contributed by atoms with Gasteiger partial charge in [-0.25, -0.2) is 0 Å². The van der Waals surface area contributed by atoms with Crippen molar-refractivity contribution in [2.45, 2.75) is 0 Å². The van der Waals surface area contributed by atoms with E-state index in [1.807, 2.05) is 36.4 Å². The van der Waals surface area contributed by atoms with Gasteiger partial charge in [0.25, 0.3) is 0 Å². The first-order chi connectivity index (χ1) is 47.6. The molecule has 2 aromatic heterocycles.